The highest BCUT2D eigenvalue weighted by Gasteiger charge is 2.09. The highest BCUT2D eigenvalue weighted by molar-refractivity contribution is 7.99. The van der Waals surface area contributed by atoms with Gasteiger partial charge >= 0.3 is 0 Å². The van der Waals surface area contributed by atoms with E-state index in [0.29, 0.717) is 5.16 Å². The van der Waals surface area contributed by atoms with Crippen molar-refractivity contribution in [3.8, 4) is 0 Å². The summed E-state index contributed by atoms with van der Waals surface area (Å²) in [6.45, 7) is 3.96. The smallest absolute Gasteiger partial charge is 0.192 e. The number of benzene rings is 1. The number of thiazole rings is 1. The van der Waals surface area contributed by atoms with Crippen molar-refractivity contribution in [1.29, 1.82) is 0 Å². The second kappa shape index (κ2) is 4.79. The lowest BCUT2D eigenvalue weighted by Crippen LogP contribution is -1.91. The van der Waals surface area contributed by atoms with Gasteiger partial charge in [-0.2, -0.15) is 0 Å². The van der Waals surface area contributed by atoms with Crippen molar-refractivity contribution in [1.82, 2.24) is 15.0 Å². The maximum absolute atomic E-state index is 6.08. The number of hydrogen-bond acceptors (Lipinski definition) is 6. The first-order valence-electron chi connectivity index (χ1n) is 5.75. The van der Waals surface area contributed by atoms with Gasteiger partial charge in [-0.05, 0) is 43.3 Å². The van der Waals surface area contributed by atoms with Crippen LogP contribution in [0.1, 0.15) is 10.6 Å². The molecule has 2 aromatic heterocycles. The van der Waals surface area contributed by atoms with E-state index in [1.54, 1.807) is 23.7 Å². The standard InChI is InChI=1S/C13H12N4S2/c1-7-5-15-13(16-6-7)19-11-4-10-12(3-9(11)14)18-8(2)17-10/h3-6H,14H2,1-2H3. The molecule has 0 saturated carbocycles. The summed E-state index contributed by atoms with van der Waals surface area (Å²) in [4.78, 5) is 14.0. The SMILES string of the molecule is Cc1cnc(Sc2cc3nc(C)sc3cc2N)nc1. The maximum atomic E-state index is 6.08. The molecule has 4 nitrogen and oxygen atoms in total. The van der Waals surface area contributed by atoms with Crippen LogP contribution in [0.3, 0.4) is 0 Å². The quantitative estimate of drug-likeness (QED) is 0.578. The number of fused-ring (bicyclic) bond motifs is 1. The second-order valence-electron chi connectivity index (χ2n) is 4.24. The predicted molar refractivity (Wildman–Crippen MR) is 79.7 cm³/mol. The molecule has 6 heteroatoms. The highest BCUT2D eigenvalue weighted by atomic mass is 32.2. The van der Waals surface area contributed by atoms with Crippen molar-refractivity contribution >= 4 is 39.0 Å². The molecule has 0 atom stereocenters. The lowest BCUT2D eigenvalue weighted by molar-refractivity contribution is 0.950. The summed E-state index contributed by atoms with van der Waals surface area (Å²) in [5, 5.41) is 1.74. The van der Waals surface area contributed by atoms with Crippen LogP contribution in [-0.4, -0.2) is 15.0 Å². The molecule has 3 aromatic rings. The van der Waals surface area contributed by atoms with Gasteiger partial charge in [0.15, 0.2) is 5.16 Å². The third-order valence-electron chi connectivity index (χ3n) is 2.59. The van der Waals surface area contributed by atoms with Crippen LogP contribution in [0.25, 0.3) is 10.2 Å². The summed E-state index contributed by atoms with van der Waals surface area (Å²) in [5.41, 5.74) is 8.84. The first kappa shape index (κ1) is 12.4. The van der Waals surface area contributed by atoms with Crippen LogP contribution in [0.5, 0.6) is 0 Å². The largest absolute Gasteiger partial charge is 0.398 e. The highest BCUT2D eigenvalue weighted by Crippen LogP contribution is 2.34. The molecule has 0 amide bonds. The van der Waals surface area contributed by atoms with E-state index in [-0.39, 0.29) is 0 Å². The summed E-state index contributed by atoms with van der Waals surface area (Å²) < 4.78 is 1.11. The minimum absolute atomic E-state index is 0.698. The van der Waals surface area contributed by atoms with Crippen LogP contribution in [0.4, 0.5) is 5.69 Å². The van der Waals surface area contributed by atoms with E-state index in [1.807, 2.05) is 26.0 Å². The Morgan fingerprint density at radius 1 is 1.16 bits per heavy atom. The Balaban J connectivity index is 1.99. The van der Waals surface area contributed by atoms with Crippen molar-refractivity contribution < 1.29 is 0 Å². The van der Waals surface area contributed by atoms with E-state index < -0.39 is 0 Å². The number of aryl methyl sites for hydroxylation is 2. The van der Waals surface area contributed by atoms with Gasteiger partial charge in [-0.15, -0.1) is 11.3 Å². The first-order valence-corrected chi connectivity index (χ1v) is 7.38. The van der Waals surface area contributed by atoms with Crippen molar-refractivity contribution in [3.63, 3.8) is 0 Å². The number of nitrogens with zero attached hydrogens (tertiary/aromatic N) is 3. The summed E-state index contributed by atoms with van der Waals surface area (Å²) in [6, 6.07) is 3.97. The molecule has 0 aliphatic carbocycles. The van der Waals surface area contributed by atoms with Crippen molar-refractivity contribution in [2.45, 2.75) is 23.9 Å². The molecule has 0 fully saturated rings. The predicted octanol–water partition coefficient (Wildman–Crippen LogP) is 3.44. The molecule has 19 heavy (non-hydrogen) atoms. The van der Waals surface area contributed by atoms with Crippen LogP contribution in [0, 0.1) is 13.8 Å². The fourth-order valence-electron chi connectivity index (χ4n) is 1.71. The molecule has 0 radical (unpaired) electrons. The number of nitrogen functional groups attached to an aromatic ring is 1. The Hall–Kier alpha value is -1.66. The monoisotopic (exact) mass is 288 g/mol. The molecule has 0 unspecified atom stereocenters. The van der Waals surface area contributed by atoms with Gasteiger partial charge in [-0.3, -0.25) is 0 Å². The average Bonchev–Trinajstić information content (AvgIpc) is 2.72. The minimum atomic E-state index is 0.698. The minimum Gasteiger partial charge on any atom is -0.398 e. The maximum Gasteiger partial charge on any atom is 0.192 e. The third kappa shape index (κ3) is 2.54. The summed E-state index contributed by atoms with van der Waals surface area (Å²) >= 11 is 3.12. The van der Waals surface area contributed by atoms with Crippen LogP contribution in [0.15, 0.2) is 34.6 Å². The fraction of sp³-hybridized carbons (Fsp3) is 0.154. The zero-order chi connectivity index (χ0) is 13.4. The number of aromatic nitrogens is 3. The Bertz CT molecular complexity index is 734. The van der Waals surface area contributed by atoms with Gasteiger partial charge in [0.05, 0.1) is 15.2 Å². The number of nitrogens with two attached hydrogens (primary N) is 1. The van der Waals surface area contributed by atoms with Gasteiger partial charge in [-0.1, -0.05) is 0 Å². The van der Waals surface area contributed by atoms with Gasteiger partial charge in [-0.25, -0.2) is 15.0 Å². The molecule has 0 saturated heterocycles. The van der Waals surface area contributed by atoms with Crippen LogP contribution in [0.2, 0.25) is 0 Å². The molecule has 96 valence electrons. The molecule has 0 aliphatic heterocycles. The van der Waals surface area contributed by atoms with Gasteiger partial charge in [0.2, 0.25) is 0 Å². The van der Waals surface area contributed by atoms with Gasteiger partial charge in [0.25, 0.3) is 0 Å². The number of rotatable bonds is 2. The zero-order valence-electron chi connectivity index (χ0n) is 10.5. The average molecular weight is 288 g/mol. The topological polar surface area (TPSA) is 64.7 Å². The number of hydrogen-bond donors (Lipinski definition) is 1. The van der Waals surface area contributed by atoms with Crippen LogP contribution >= 0.6 is 23.1 Å². The van der Waals surface area contributed by atoms with Crippen LogP contribution < -0.4 is 5.73 Å². The summed E-state index contributed by atoms with van der Waals surface area (Å²) in [5.74, 6) is 0. The van der Waals surface area contributed by atoms with E-state index in [0.717, 1.165) is 31.4 Å². The lowest BCUT2D eigenvalue weighted by atomic mass is 10.3. The van der Waals surface area contributed by atoms with E-state index in [1.165, 1.54) is 11.8 Å². The fourth-order valence-corrected chi connectivity index (χ4v) is 3.32. The molecular weight excluding hydrogens is 276 g/mol. The van der Waals surface area contributed by atoms with E-state index in [2.05, 4.69) is 15.0 Å². The Morgan fingerprint density at radius 2 is 1.89 bits per heavy atom. The van der Waals surface area contributed by atoms with Crippen molar-refractivity contribution in [2.75, 3.05) is 5.73 Å². The van der Waals surface area contributed by atoms with E-state index in [4.69, 9.17) is 5.73 Å². The Kier molecular flexibility index (Phi) is 3.12. The molecule has 0 bridgehead atoms. The molecule has 0 aliphatic rings. The summed E-state index contributed by atoms with van der Waals surface area (Å²) in [6.07, 6.45) is 3.61. The molecule has 2 heterocycles. The van der Waals surface area contributed by atoms with Gasteiger partial charge in [0, 0.05) is 23.0 Å². The molecule has 0 spiro atoms. The Labute approximate surface area is 119 Å². The lowest BCUT2D eigenvalue weighted by Gasteiger charge is -2.04. The van der Waals surface area contributed by atoms with Gasteiger partial charge < -0.3 is 5.73 Å². The molecule has 2 N–H and O–H groups in total. The third-order valence-corrected chi connectivity index (χ3v) is 4.49. The van der Waals surface area contributed by atoms with Crippen molar-refractivity contribution in [3.05, 3.63) is 35.1 Å². The van der Waals surface area contributed by atoms with E-state index >= 15 is 0 Å². The molecular formula is C13H12N4S2. The Morgan fingerprint density at radius 3 is 2.63 bits per heavy atom. The van der Waals surface area contributed by atoms with E-state index in [9.17, 15) is 0 Å². The van der Waals surface area contributed by atoms with Crippen LogP contribution in [-0.2, 0) is 0 Å². The molecule has 1 aromatic carbocycles. The molecule has 3 rings (SSSR count). The second-order valence-corrected chi connectivity index (χ2v) is 6.48. The summed E-state index contributed by atoms with van der Waals surface area (Å²) in [7, 11) is 0. The first-order chi connectivity index (χ1) is 9.11. The normalized spacial score (nSPS) is 11.1. The zero-order valence-corrected chi connectivity index (χ0v) is 12.2. The number of anilines is 1. The van der Waals surface area contributed by atoms with Gasteiger partial charge in [0.1, 0.15) is 0 Å². The van der Waals surface area contributed by atoms with Crippen molar-refractivity contribution in [2.24, 2.45) is 0 Å².